The lowest BCUT2D eigenvalue weighted by atomic mass is 10.1. The van der Waals surface area contributed by atoms with Crippen LogP contribution in [0.4, 0.5) is 4.39 Å². The molecule has 0 aromatic heterocycles. The molecule has 1 saturated heterocycles. The van der Waals surface area contributed by atoms with Crippen molar-refractivity contribution in [3.05, 3.63) is 71.5 Å². The fourth-order valence-electron chi connectivity index (χ4n) is 3.24. The minimum Gasteiger partial charge on any atom is -0.341 e. The number of aryl methyl sites for hydroxylation is 1. The van der Waals surface area contributed by atoms with E-state index in [9.17, 15) is 14.0 Å². The number of carbonyl (C=O) groups is 2. The molecule has 0 saturated carbocycles. The zero-order valence-electron chi connectivity index (χ0n) is 14.7. The molecule has 5 heteroatoms. The zero-order valence-corrected chi connectivity index (χ0v) is 14.7. The molecule has 0 N–H and O–H groups in total. The van der Waals surface area contributed by atoms with Gasteiger partial charge in [-0.2, -0.15) is 0 Å². The van der Waals surface area contributed by atoms with Gasteiger partial charge in [-0.05, 0) is 42.7 Å². The highest BCUT2D eigenvalue weighted by Gasteiger charge is 2.22. The summed E-state index contributed by atoms with van der Waals surface area (Å²) in [4.78, 5) is 28.7. The van der Waals surface area contributed by atoms with Crippen LogP contribution < -0.4 is 0 Å². The molecular formula is C21H23FN2O2. The lowest BCUT2D eigenvalue weighted by molar-refractivity contribution is -0.131. The molecule has 4 nitrogen and oxygen atoms in total. The van der Waals surface area contributed by atoms with Crippen LogP contribution in [0.2, 0.25) is 0 Å². The predicted octanol–water partition coefficient (Wildman–Crippen LogP) is 3.13. The molecular weight excluding hydrogens is 331 g/mol. The first kappa shape index (κ1) is 18.1. The summed E-state index contributed by atoms with van der Waals surface area (Å²) in [5, 5.41) is 0. The molecule has 0 spiro atoms. The molecule has 1 aliphatic rings. The quantitative estimate of drug-likeness (QED) is 0.846. The fraction of sp³-hybridized carbons (Fsp3) is 0.333. The molecule has 0 radical (unpaired) electrons. The SMILES string of the molecule is O=C(CCc1cccc(F)c1)N1CCCN(C(=O)c2ccccc2)CC1. The average Bonchev–Trinajstić information content (AvgIpc) is 2.92. The van der Waals surface area contributed by atoms with Crippen molar-refractivity contribution in [2.45, 2.75) is 19.3 Å². The van der Waals surface area contributed by atoms with Crippen molar-refractivity contribution in [1.82, 2.24) is 9.80 Å². The summed E-state index contributed by atoms with van der Waals surface area (Å²) in [5.74, 6) is -0.206. The number of hydrogen-bond donors (Lipinski definition) is 0. The van der Waals surface area contributed by atoms with Gasteiger partial charge in [0, 0.05) is 38.2 Å². The van der Waals surface area contributed by atoms with Crippen LogP contribution in [0.25, 0.3) is 0 Å². The first-order valence-corrected chi connectivity index (χ1v) is 9.00. The Bertz CT molecular complexity index is 764. The Kier molecular flexibility index (Phi) is 6.00. The van der Waals surface area contributed by atoms with Crippen LogP contribution in [0.5, 0.6) is 0 Å². The Hall–Kier alpha value is -2.69. The van der Waals surface area contributed by atoms with Gasteiger partial charge in [0.25, 0.3) is 5.91 Å². The minimum atomic E-state index is -0.278. The van der Waals surface area contributed by atoms with Crippen molar-refractivity contribution < 1.29 is 14.0 Å². The smallest absolute Gasteiger partial charge is 0.253 e. The van der Waals surface area contributed by atoms with Crippen molar-refractivity contribution in [3.63, 3.8) is 0 Å². The summed E-state index contributed by atoms with van der Waals surface area (Å²) in [7, 11) is 0. The molecule has 0 aliphatic carbocycles. The van der Waals surface area contributed by atoms with Gasteiger partial charge in [0.15, 0.2) is 0 Å². The third kappa shape index (κ3) is 4.69. The van der Waals surface area contributed by atoms with Crippen LogP contribution in [0.1, 0.15) is 28.8 Å². The van der Waals surface area contributed by atoms with Crippen molar-refractivity contribution in [3.8, 4) is 0 Å². The number of hydrogen-bond acceptors (Lipinski definition) is 2. The normalized spacial score (nSPS) is 14.8. The highest BCUT2D eigenvalue weighted by atomic mass is 19.1. The summed E-state index contributed by atoms with van der Waals surface area (Å²) >= 11 is 0. The molecule has 0 unspecified atom stereocenters. The standard InChI is InChI=1S/C21H23FN2O2/c22-19-9-4-6-17(16-19)10-11-20(25)23-12-5-13-24(15-14-23)21(26)18-7-2-1-3-8-18/h1-4,6-9,16H,5,10-15H2. The van der Waals surface area contributed by atoms with Crippen molar-refractivity contribution >= 4 is 11.8 Å². The predicted molar refractivity (Wildman–Crippen MR) is 98.3 cm³/mol. The van der Waals surface area contributed by atoms with Gasteiger partial charge in [-0.3, -0.25) is 9.59 Å². The fourth-order valence-corrected chi connectivity index (χ4v) is 3.24. The summed E-state index contributed by atoms with van der Waals surface area (Å²) in [5.41, 5.74) is 1.51. The largest absolute Gasteiger partial charge is 0.341 e. The highest BCUT2D eigenvalue weighted by molar-refractivity contribution is 5.94. The number of amides is 2. The summed E-state index contributed by atoms with van der Waals surface area (Å²) in [6.07, 6.45) is 1.65. The van der Waals surface area contributed by atoms with Gasteiger partial charge in [0.2, 0.25) is 5.91 Å². The first-order valence-electron chi connectivity index (χ1n) is 9.00. The molecule has 1 fully saturated rings. The number of rotatable bonds is 4. The van der Waals surface area contributed by atoms with E-state index in [1.165, 1.54) is 12.1 Å². The summed E-state index contributed by atoms with van der Waals surface area (Å²) < 4.78 is 13.2. The van der Waals surface area contributed by atoms with Crippen molar-refractivity contribution in [2.75, 3.05) is 26.2 Å². The topological polar surface area (TPSA) is 40.6 Å². The lowest BCUT2D eigenvalue weighted by Gasteiger charge is -2.22. The minimum absolute atomic E-state index is 0.0136. The Balaban J connectivity index is 1.53. The molecule has 1 heterocycles. The van der Waals surface area contributed by atoms with E-state index in [4.69, 9.17) is 0 Å². The van der Waals surface area contributed by atoms with Gasteiger partial charge in [-0.15, -0.1) is 0 Å². The molecule has 0 bridgehead atoms. The van der Waals surface area contributed by atoms with Gasteiger partial charge in [0.05, 0.1) is 0 Å². The molecule has 1 aliphatic heterocycles. The Morgan fingerprint density at radius 2 is 1.62 bits per heavy atom. The number of nitrogens with zero attached hydrogens (tertiary/aromatic N) is 2. The number of carbonyl (C=O) groups excluding carboxylic acids is 2. The van der Waals surface area contributed by atoms with E-state index in [1.807, 2.05) is 46.2 Å². The molecule has 26 heavy (non-hydrogen) atoms. The first-order chi connectivity index (χ1) is 12.6. The molecule has 3 rings (SSSR count). The van der Waals surface area contributed by atoms with E-state index in [1.54, 1.807) is 6.07 Å². The molecule has 2 aromatic rings. The maximum absolute atomic E-state index is 13.2. The van der Waals surface area contributed by atoms with E-state index in [0.717, 1.165) is 12.0 Å². The van der Waals surface area contributed by atoms with Gasteiger partial charge in [0.1, 0.15) is 5.82 Å². The summed E-state index contributed by atoms with van der Waals surface area (Å²) in [6, 6.07) is 15.6. The van der Waals surface area contributed by atoms with E-state index >= 15 is 0 Å². The van der Waals surface area contributed by atoms with E-state index in [-0.39, 0.29) is 17.6 Å². The number of halogens is 1. The Labute approximate surface area is 153 Å². The Morgan fingerprint density at radius 3 is 2.38 bits per heavy atom. The molecule has 2 aromatic carbocycles. The zero-order chi connectivity index (χ0) is 18.4. The van der Waals surface area contributed by atoms with E-state index in [0.29, 0.717) is 44.6 Å². The van der Waals surface area contributed by atoms with Crippen LogP contribution >= 0.6 is 0 Å². The maximum Gasteiger partial charge on any atom is 0.253 e. The van der Waals surface area contributed by atoms with Crippen LogP contribution in [-0.2, 0) is 11.2 Å². The monoisotopic (exact) mass is 354 g/mol. The maximum atomic E-state index is 13.2. The van der Waals surface area contributed by atoms with Crippen LogP contribution in [0.3, 0.4) is 0 Å². The Morgan fingerprint density at radius 1 is 0.885 bits per heavy atom. The molecule has 136 valence electrons. The second kappa shape index (κ2) is 8.61. The van der Waals surface area contributed by atoms with E-state index in [2.05, 4.69) is 0 Å². The van der Waals surface area contributed by atoms with E-state index < -0.39 is 0 Å². The molecule has 2 amide bonds. The lowest BCUT2D eigenvalue weighted by Crippen LogP contribution is -2.37. The highest BCUT2D eigenvalue weighted by Crippen LogP contribution is 2.12. The second-order valence-electron chi connectivity index (χ2n) is 6.52. The third-order valence-corrected chi connectivity index (χ3v) is 4.67. The van der Waals surface area contributed by atoms with Crippen LogP contribution in [-0.4, -0.2) is 47.8 Å². The van der Waals surface area contributed by atoms with Crippen molar-refractivity contribution in [1.29, 1.82) is 0 Å². The average molecular weight is 354 g/mol. The van der Waals surface area contributed by atoms with Gasteiger partial charge in [-0.1, -0.05) is 30.3 Å². The van der Waals surface area contributed by atoms with Gasteiger partial charge >= 0.3 is 0 Å². The van der Waals surface area contributed by atoms with Crippen molar-refractivity contribution in [2.24, 2.45) is 0 Å². The van der Waals surface area contributed by atoms with Crippen LogP contribution in [0.15, 0.2) is 54.6 Å². The second-order valence-corrected chi connectivity index (χ2v) is 6.52. The third-order valence-electron chi connectivity index (χ3n) is 4.67. The van der Waals surface area contributed by atoms with Crippen LogP contribution in [0, 0.1) is 5.82 Å². The molecule has 0 atom stereocenters. The summed E-state index contributed by atoms with van der Waals surface area (Å²) in [6.45, 7) is 2.39. The number of benzene rings is 2. The van der Waals surface area contributed by atoms with Gasteiger partial charge < -0.3 is 9.80 Å². The van der Waals surface area contributed by atoms with Gasteiger partial charge in [-0.25, -0.2) is 4.39 Å².